The van der Waals surface area contributed by atoms with E-state index >= 15 is 0 Å². The number of rotatable bonds is 7. The van der Waals surface area contributed by atoms with Gasteiger partial charge in [-0.05, 0) is 12.8 Å². The average Bonchev–Trinajstić information content (AvgIpc) is 3.04. The van der Waals surface area contributed by atoms with E-state index in [1.807, 2.05) is 0 Å². The Kier molecular flexibility index (Phi) is 5.45. The van der Waals surface area contributed by atoms with Crippen LogP contribution in [0.15, 0.2) is 12.2 Å². The summed E-state index contributed by atoms with van der Waals surface area (Å²) in [4.78, 5) is 66.2. The molecule has 0 N–H and O–H groups in total. The Labute approximate surface area is 131 Å². The van der Waals surface area contributed by atoms with Gasteiger partial charge in [0.15, 0.2) is 0 Å². The lowest BCUT2D eigenvalue weighted by molar-refractivity contribution is -0.197. The third-order valence-electron chi connectivity index (χ3n) is 3.20. The van der Waals surface area contributed by atoms with Gasteiger partial charge in [0.25, 0.3) is 17.7 Å². The Morgan fingerprint density at radius 1 is 0.957 bits per heavy atom. The van der Waals surface area contributed by atoms with Crippen LogP contribution < -0.4 is 0 Å². The fourth-order valence-corrected chi connectivity index (χ4v) is 2.02. The Bertz CT molecular complexity index is 553. The molecule has 9 heteroatoms. The number of amides is 3. The molecule has 0 aliphatic carbocycles. The summed E-state index contributed by atoms with van der Waals surface area (Å²) in [6.07, 6.45) is 3.66. The van der Waals surface area contributed by atoms with Gasteiger partial charge in [0.05, 0.1) is 6.54 Å². The number of carbonyl (C=O) groups excluding carboxylic acids is 5. The van der Waals surface area contributed by atoms with E-state index < -0.39 is 23.8 Å². The van der Waals surface area contributed by atoms with Gasteiger partial charge in [0, 0.05) is 31.8 Å². The summed E-state index contributed by atoms with van der Waals surface area (Å²) in [7, 11) is 0. The van der Waals surface area contributed by atoms with Crippen molar-refractivity contribution in [3.63, 3.8) is 0 Å². The molecule has 2 aliphatic rings. The summed E-state index contributed by atoms with van der Waals surface area (Å²) in [6.45, 7) is 0.231. The van der Waals surface area contributed by atoms with Crippen molar-refractivity contribution < 1.29 is 33.6 Å². The maximum atomic E-state index is 11.5. The van der Waals surface area contributed by atoms with Crippen molar-refractivity contribution in [3.05, 3.63) is 12.2 Å². The van der Waals surface area contributed by atoms with E-state index in [1.54, 1.807) is 6.08 Å². The van der Waals surface area contributed by atoms with Crippen molar-refractivity contribution in [3.8, 4) is 0 Å². The minimum absolute atomic E-state index is 0.0332. The second-order valence-electron chi connectivity index (χ2n) is 5.02. The smallest absolute Gasteiger partial charge is 0.333 e. The number of unbranched alkanes of at least 4 members (excludes halogenated alkanes) is 1. The van der Waals surface area contributed by atoms with E-state index in [9.17, 15) is 24.0 Å². The molecule has 0 aromatic carbocycles. The van der Waals surface area contributed by atoms with E-state index in [0.29, 0.717) is 17.9 Å². The number of nitrogens with zero attached hydrogens (tertiary/aromatic N) is 2. The zero-order chi connectivity index (χ0) is 16.8. The van der Waals surface area contributed by atoms with Crippen molar-refractivity contribution in [1.29, 1.82) is 0 Å². The second-order valence-corrected chi connectivity index (χ2v) is 5.02. The average molecular weight is 324 g/mol. The van der Waals surface area contributed by atoms with Crippen LogP contribution in [0, 0.1) is 0 Å². The van der Waals surface area contributed by atoms with E-state index in [1.165, 1.54) is 6.08 Å². The molecule has 0 aromatic heterocycles. The first kappa shape index (κ1) is 16.7. The molecule has 124 valence electrons. The number of hydrogen-bond donors (Lipinski definition) is 0. The lowest BCUT2D eigenvalue weighted by atomic mass is 10.2. The molecule has 0 saturated carbocycles. The molecule has 1 saturated heterocycles. The van der Waals surface area contributed by atoms with Gasteiger partial charge in [-0.3, -0.25) is 14.4 Å². The second kappa shape index (κ2) is 7.52. The Hall–Kier alpha value is -2.71. The molecule has 0 unspecified atom stereocenters. The molecular weight excluding hydrogens is 308 g/mol. The van der Waals surface area contributed by atoms with Crippen LogP contribution in [-0.2, 0) is 33.6 Å². The maximum absolute atomic E-state index is 11.5. The van der Waals surface area contributed by atoms with E-state index in [4.69, 9.17) is 4.84 Å². The zero-order valence-electron chi connectivity index (χ0n) is 12.4. The Morgan fingerprint density at radius 2 is 1.52 bits per heavy atom. The summed E-state index contributed by atoms with van der Waals surface area (Å²) >= 11 is 0. The first-order chi connectivity index (χ1) is 11.0. The fourth-order valence-electron chi connectivity index (χ4n) is 2.02. The highest BCUT2D eigenvalue weighted by molar-refractivity contribution is 6.01. The number of carbonyl (C=O) groups is 5. The minimum atomic E-state index is -0.708. The largest absolute Gasteiger partial charge is 0.338 e. The summed E-state index contributed by atoms with van der Waals surface area (Å²) in [5.41, 5.74) is 0. The predicted octanol–water partition coefficient (Wildman–Crippen LogP) is 0.0106. The highest BCUT2D eigenvalue weighted by atomic mass is 16.7. The third-order valence-corrected chi connectivity index (χ3v) is 3.20. The molecule has 3 amide bonds. The number of hydroxylamine groups is 4. The first-order valence-electron chi connectivity index (χ1n) is 7.23. The van der Waals surface area contributed by atoms with E-state index in [-0.39, 0.29) is 38.1 Å². The van der Waals surface area contributed by atoms with Gasteiger partial charge in [0.2, 0.25) is 0 Å². The molecule has 0 spiro atoms. The van der Waals surface area contributed by atoms with Gasteiger partial charge >= 0.3 is 11.9 Å². The van der Waals surface area contributed by atoms with Crippen molar-refractivity contribution >= 4 is 29.7 Å². The summed E-state index contributed by atoms with van der Waals surface area (Å²) in [5.74, 6) is -2.73. The zero-order valence-corrected chi connectivity index (χ0v) is 12.4. The number of imide groups is 1. The predicted molar refractivity (Wildman–Crippen MR) is 72.6 cm³/mol. The lowest BCUT2D eigenvalue weighted by Crippen LogP contribution is -2.32. The maximum Gasteiger partial charge on any atom is 0.333 e. The standard InChI is InChI=1S/C14H16N2O7/c17-10-4-3-9-15(10)22-13(20)5-1-2-6-14(21)23-16-11(18)7-8-12(16)19/h3-4H,1-2,5-9H2. The highest BCUT2D eigenvalue weighted by Gasteiger charge is 2.32. The van der Waals surface area contributed by atoms with Gasteiger partial charge < -0.3 is 9.68 Å². The van der Waals surface area contributed by atoms with Gasteiger partial charge in [0.1, 0.15) is 0 Å². The minimum Gasteiger partial charge on any atom is -0.338 e. The molecule has 9 nitrogen and oxygen atoms in total. The highest BCUT2D eigenvalue weighted by Crippen LogP contribution is 2.13. The van der Waals surface area contributed by atoms with Crippen molar-refractivity contribution in [2.75, 3.05) is 6.54 Å². The van der Waals surface area contributed by atoms with Crippen LogP contribution in [0.5, 0.6) is 0 Å². The van der Waals surface area contributed by atoms with Gasteiger partial charge in [-0.1, -0.05) is 6.08 Å². The molecule has 0 bridgehead atoms. The van der Waals surface area contributed by atoms with Crippen LogP contribution in [0.1, 0.15) is 38.5 Å². The Balaban J connectivity index is 1.58. The van der Waals surface area contributed by atoms with Crippen LogP contribution in [0.25, 0.3) is 0 Å². The van der Waals surface area contributed by atoms with Crippen LogP contribution in [0.3, 0.4) is 0 Å². The van der Waals surface area contributed by atoms with Crippen molar-refractivity contribution in [2.24, 2.45) is 0 Å². The van der Waals surface area contributed by atoms with Crippen LogP contribution >= 0.6 is 0 Å². The van der Waals surface area contributed by atoms with Crippen LogP contribution in [-0.4, -0.2) is 46.3 Å². The van der Waals surface area contributed by atoms with E-state index in [0.717, 1.165) is 5.06 Å². The third kappa shape index (κ3) is 4.63. The quantitative estimate of drug-likeness (QED) is 0.479. The number of hydrogen-bond acceptors (Lipinski definition) is 7. The molecule has 2 rings (SSSR count). The lowest BCUT2D eigenvalue weighted by Gasteiger charge is -2.14. The normalized spacial score (nSPS) is 17.1. The van der Waals surface area contributed by atoms with Crippen LogP contribution in [0.2, 0.25) is 0 Å². The molecule has 1 fully saturated rings. The summed E-state index contributed by atoms with van der Waals surface area (Å²) in [6, 6.07) is 0. The first-order valence-corrected chi connectivity index (χ1v) is 7.23. The van der Waals surface area contributed by atoms with E-state index in [2.05, 4.69) is 4.84 Å². The Morgan fingerprint density at radius 3 is 2.04 bits per heavy atom. The SMILES string of the molecule is O=C(CCCCC(=O)ON1C(=O)CCC1=O)ON1CC=CC1=O. The molecule has 0 aromatic rings. The molecule has 23 heavy (non-hydrogen) atoms. The molecular formula is C14H16N2O7. The van der Waals surface area contributed by atoms with Crippen LogP contribution in [0.4, 0.5) is 0 Å². The molecule has 2 heterocycles. The van der Waals surface area contributed by atoms with Crippen molar-refractivity contribution in [1.82, 2.24) is 10.1 Å². The molecule has 0 radical (unpaired) electrons. The van der Waals surface area contributed by atoms with Gasteiger partial charge in [-0.25, -0.2) is 9.59 Å². The topological polar surface area (TPSA) is 110 Å². The van der Waals surface area contributed by atoms with Crippen molar-refractivity contribution in [2.45, 2.75) is 38.5 Å². The monoisotopic (exact) mass is 324 g/mol. The molecule has 2 aliphatic heterocycles. The van der Waals surface area contributed by atoms with Gasteiger partial charge in [-0.15, -0.1) is 5.06 Å². The fraction of sp³-hybridized carbons (Fsp3) is 0.500. The molecule has 0 atom stereocenters. The summed E-state index contributed by atoms with van der Waals surface area (Å²) in [5, 5.41) is 1.43. The summed E-state index contributed by atoms with van der Waals surface area (Å²) < 4.78 is 0. The van der Waals surface area contributed by atoms with Gasteiger partial charge in [-0.2, -0.15) is 5.06 Å².